The molecule has 8 heteroatoms. The summed E-state index contributed by atoms with van der Waals surface area (Å²) >= 11 is 0. The molecule has 0 aromatic heterocycles. The van der Waals surface area contributed by atoms with Gasteiger partial charge in [0.15, 0.2) is 5.96 Å². The van der Waals surface area contributed by atoms with Gasteiger partial charge in [-0.1, -0.05) is 12.1 Å². The number of guanidine groups is 1. The van der Waals surface area contributed by atoms with E-state index in [0.717, 1.165) is 56.3 Å². The summed E-state index contributed by atoms with van der Waals surface area (Å²) in [5, 5.41) is 3.25. The van der Waals surface area contributed by atoms with Crippen molar-refractivity contribution in [2.24, 2.45) is 10.9 Å². The predicted molar refractivity (Wildman–Crippen MR) is 103 cm³/mol. The monoisotopic (exact) mass is 471 g/mol. The van der Waals surface area contributed by atoms with Crippen LogP contribution in [-0.2, 0) is 17.5 Å². The first-order valence-electron chi connectivity index (χ1n) is 8.12. The van der Waals surface area contributed by atoms with Gasteiger partial charge in [0.1, 0.15) is 0 Å². The topological polar surface area (TPSA) is 36.9 Å². The van der Waals surface area contributed by atoms with E-state index in [9.17, 15) is 13.2 Å². The van der Waals surface area contributed by atoms with Gasteiger partial charge in [-0.15, -0.1) is 24.0 Å². The SMILES string of the molecule is CCNC(=NCc1ccc(C(F)(F)F)cc1)N1CCC(COC)C1.I. The Labute approximate surface area is 163 Å². The molecule has 2 rings (SSSR count). The van der Waals surface area contributed by atoms with Crippen LogP contribution in [0.25, 0.3) is 0 Å². The molecule has 1 aliphatic rings. The minimum atomic E-state index is -4.30. The third-order valence-corrected chi connectivity index (χ3v) is 4.02. The minimum absolute atomic E-state index is 0. The molecule has 1 unspecified atom stereocenters. The highest BCUT2D eigenvalue weighted by Crippen LogP contribution is 2.29. The van der Waals surface area contributed by atoms with Crippen LogP contribution < -0.4 is 5.32 Å². The molecule has 0 spiro atoms. The lowest BCUT2D eigenvalue weighted by Crippen LogP contribution is -2.40. The Kier molecular flexibility index (Phi) is 8.98. The van der Waals surface area contributed by atoms with E-state index in [-0.39, 0.29) is 24.0 Å². The number of nitrogens with zero attached hydrogens (tertiary/aromatic N) is 2. The molecule has 0 radical (unpaired) electrons. The number of methoxy groups -OCH3 is 1. The fourth-order valence-electron chi connectivity index (χ4n) is 2.79. The van der Waals surface area contributed by atoms with E-state index in [1.807, 2.05) is 6.92 Å². The van der Waals surface area contributed by atoms with E-state index in [0.29, 0.717) is 12.5 Å². The van der Waals surface area contributed by atoms with Gasteiger partial charge in [0.25, 0.3) is 0 Å². The largest absolute Gasteiger partial charge is 0.416 e. The first kappa shape index (κ1) is 22.0. The minimum Gasteiger partial charge on any atom is -0.384 e. The fourth-order valence-corrected chi connectivity index (χ4v) is 2.79. The molecule has 25 heavy (non-hydrogen) atoms. The van der Waals surface area contributed by atoms with Gasteiger partial charge in [-0.2, -0.15) is 13.2 Å². The van der Waals surface area contributed by atoms with Crippen molar-refractivity contribution in [1.29, 1.82) is 0 Å². The molecule has 1 heterocycles. The van der Waals surface area contributed by atoms with Crippen LogP contribution in [0.15, 0.2) is 29.3 Å². The quantitative estimate of drug-likeness (QED) is 0.404. The molecule has 1 fully saturated rings. The van der Waals surface area contributed by atoms with Crippen LogP contribution >= 0.6 is 24.0 Å². The van der Waals surface area contributed by atoms with Crippen molar-refractivity contribution >= 4 is 29.9 Å². The summed E-state index contributed by atoms with van der Waals surface area (Å²) < 4.78 is 43.0. The predicted octanol–water partition coefficient (Wildman–Crippen LogP) is 3.76. The molecule has 4 nitrogen and oxygen atoms in total. The lowest BCUT2D eigenvalue weighted by atomic mass is 10.1. The zero-order chi connectivity index (χ0) is 17.6. The van der Waals surface area contributed by atoms with Gasteiger partial charge in [0.05, 0.1) is 18.7 Å². The Hall–Kier alpha value is -1.03. The molecule has 142 valence electrons. The van der Waals surface area contributed by atoms with Gasteiger partial charge < -0.3 is 15.0 Å². The number of hydrogen-bond donors (Lipinski definition) is 1. The smallest absolute Gasteiger partial charge is 0.384 e. The van der Waals surface area contributed by atoms with E-state index in [1.165, 1.54) is 12.1 Å². The number of likely N-dealkylation sites (tertiary alicyclic amines) is 1. The highest BCUT2D eigenvalue weighted by atomic mass is 127. The second-order valence-corrected chi connectivity index (χ2v) is 5.92. The van der Waals surface area contributed by atoms with Crippen LogP contribution in [0.5, 0.6) is 0 Å². The molecular formula is C17H25F3IN3O. The van der Waals surface area contributed by atoms with Gasteiger partial charge in [-0.05, 0) is 31.0 Å². The molecule has 1 aromatic carbocycles. The summed E-state index contributed by atoms with van der Waals surface area (Å²) in [6, 6.07) is 5.16. The summed E-state index contributed by atoms with van der Waals surface area (Å²) in [6.07, 6.45) is -3.25. The standard InChI is InChI=1S/C17H24F3N3O.HI/c1-3-21-16(23-9-8-14(11-23)12-24-2)22-10-13-4-6-15(7-5-13)17(18,19)20;/h4-7,14H,3,8-12H2,1-2H3,(H,21,22);1H. The molecule has 0 amide bonds. The van der Waals surface area contributed by atoms with Crippen molar-refractivity contribution in [3.63, 3.8) is 0 Å². The van der Waals surface area contributed by atoms with E-state index in [1.54, 1.807) is 7.11 Å². The lowest BCUT2D eigenvalue weighted by Gasteiger charge is -2.21. The molecule has 0 saturated carbocycles. The van der Waals surface area contributed by atoms with Crippen LogP contribution in [0.4, 0.5) is 13.2 Å². The number of hydrogen-bond acceptors (Lipinski definition) is 2. The molecule has 1 aliphatic heterocycles. The van der Waals surface area contributed by atoms with Crippen LogP contribution in [0.2, 0.25) is 0 Å². The first-order chi connectivity index (χ1) is 11.4. The van der Waals surface area contributed by atoms with Crippen LogP contribution in [-0.4, -0.2) is 44.2 Å². The summed E-state index contributed by atoms with van der Waals surface area (Å²) in [4.78, 5) is 6.74. The van der Waals surface area contributed by atoms with Gasteiger partial charge in [-0.3, -0.25) is 0 Å². The highest BCUT2D eigenvalue weighted by molar-refractivity contribution is 14.0. The van der Waals surface area contributed by atoms with Crippen LogP contribution in [0, 0.1) is 5.92 Å². The molecule has 0 aliphatic carbocycles. The van der Waals surface area contributed by atoms with Crippen molar-refractivity contribution in [2.45, 2.75) is 26.1 Å². The van der Waals surface area contributed by atoms with Crippen LogP contribution in [0.3, 0.4) is 0 Å². The summed E-state index contributed by atoms with van der Waals surface area (Å²) in [5.74, 6) is 1.29. The molecule has 0 bridgehead atoms. The van der Waals surface area contributed by atoms with Gasteiger partial charge in [-0.25, -0.2) is 4.99 Å². The van der Waals surface area contributed by atoms with Crippen molar-refractivity contribution in [2.75, 3.05) is 33.4 Å². The van der Waals surface area contributed by atoms with E-state index in [4.69, 9.17) is 4.74 Å². The third kappa shape index (κ3) is 6.65. The molecule has 1 atom stereocenters. The van der Waals surface area contributed by atoms with Gasteiger partial charge in [0, 0.05) is 32.7 Å². The summed E-state index contributed by atoms with van der Waals surface area (Å²) in [6.45, 7) is 5.62. The zero-order valence-corrected chi connectivity index (χ0v) is 16.8. The molecule has 1 N–H and O–H groups in total. The number of alkyl halides is 3. The summed E-state index contributed by atoms with van der Waals surface area (Å²) in [5.41, 5.74) is 0.120. The van der Waals surface area contributed by atoms with E-state index >= 15 is 0 Å². The highest BCUT2D eigenvalue weighted by Gasteiger charge is 2.30. The first-order valence-corrected chi connectivity index (χ1v) is 8.12. The zero-order valence-electron chi connectivity index (χ0n) is 14.5. The maximum atomic E-state index is 12.6. The number of aliphatic imine (C=N–C) groups is 1. The van der Waals surface area contributed by atoms with Crippen molar-refractivity contribution in [1.82, 2.24) is 10.2 Å². The number of halogens is 4. The molecular weight excluding hydrogens is 446 g/mol. The maximum Gasteiger partial charge on any atom is 0.416 e. The molecule has 1 aromatic rings. The van der Waals surface area contributed by atoms with E-state index in [2.05, 4.69) is 15.2 Å². The van der Waals surface area contributed by atoms with E-state index < -0.39 is 11.7 Å². The van der Waals surface area contributed by atoms with Crippen LogP contribution in [0.1, 0.15) is 24.5 Å². The average Bonchev–Trinajstić information content (AvgIpc) is 3.00. The lowest BCUT2D eigenvalue weighted by molar-refractivity contribution is -0.137. The fraction of sp³-hybridized carbons (Fsp3) is 0.588. The second kappa shape index (κ2) is 10.2. The van der Waals surface area contributed by atoms with Gasteiger partial charge >= 0.3 is 6.18 Å². The number of benzene rings is 1. The Morgan fingerprint density at radius 3 is 2.56 bits per heavy atom. The third-order valence-electron chi connectivity index (χ3n) is 4.02. The molecule has 1 saturated heterocycles. The Morgan fingerprint density at radius 1 is 1.32 bits per heavy atom. The Morgan fingerprint density at radius 2 is 2.00 bits per heavy atom. The second-order valence-electron chi connectivity index (χ2n) is 5.92. The number of nitrogens with one attached hydrogen (secondary N) is 1. The number of ether oxygens (including phenoxy) is 1. The number of rotatable bonds is 5. The normalized spacial score (nSPS) is 18.2. The summed E-state index contributed by atoms with van der Waals surface area (Å²) in [7, 11) is 1.70. The van der Waals surface area contributed by atoms with Crippen molar-refractivity contribution in [3.05, 3.63) is 35.4 Å². The van der Waals surface area contributed by atoms with Gasteiger partial charge in [0.2, 0.25) is 0 Å². The Balaban J connectivity index is 0.00000312. The maximum absolute atomic E-state index is 12.6. The average molecular weight is 471 g/mol. The Bertz CT molecular complexity index is 549. The van der Waals surface area contributed by atoms with Crippen molar-refractivity contribution < 1.29 is 17.9 Å². The van der Waals surface area contributed by atoms with Crippen molar-refractivity contribution in [3.8, 4) is 0 Å².